The van der Waals surface area contributed by atoms with Gasteiger partial charge in [-0.25, -0.2) is 0 Å². The van der Waals surface area contributed by atoms with Crippen molar-refractivity contribution in [2.75, 3.05) is 19.6 Å². The molecule has 19 heavy (non-hydrogen) atoms. The largest absolute Gasteiger partial charge is 0.335 e. The summed E-state index contributed by atoms with van der Waals surface area (Å²) in [6.45, 7) is 2.80. The van der Waals surface area contributed by atoms with Crippen molar-refractivity contribution in [3.05, 3.63) is 30.1 Å². The Morgan fingerprint density at radius 1 is 1.26 bits per heavy atom. The molecular formula is C15H21N3O. The number of carbonyl (C=O) groups is 1. The van der Waals surface area contributed by atoms with Crippen molar-refractivity contribution in [2.45, 2.75) is 31.7 Å². The first kappa shape index (κ1) is 12.6. The van der Waals surface area contributed by atoms with E-state index in [2.05, 4.69) is 15.2 Å². The highest BCUT2D eigenvalue weighted by molar-refractivity contribution is 5.80. The number of hydrogen-bond donors (Lipinski definition) is 1. The van der Waals surface area contributed by atoms with Crippen LogP contribution in [0.2, 0.25) is 0 Å². The molecule has 2 saturated heterocycles. The predicted octanol–water partition coefficient (Wildman–Crippen LogP) is 1.74. The SMILES string of the molecule is O=C([C@@H]1CCCNC1)N1CCCC1c1ccncc1. The van der Waals surface area contributed by atoms with Crippen LogP contribution in [0, 0.1) is 5.92 Å². The molecule has 1 N–H and O–H groups in total. The minimum absolute atomic E-state index is 0.177. The molecule has 1 aromatic rings. The van der Waals surface area contributed by atoms with Gasteiger partial charge in [0, 0.05) is 25.5 Å². The lowest BCUT2D eigenvalue weighted by Gasteiger charge is -2.31. The number of amides is 1. The average Bonchev–Trinajstić information content (AvgIpc) is 2.98. The van der Waals surface area contributed by atoms with Gasteiger partial charge in [-0.1, -0.05) is 0 Å². The van der Waals surface area contributed by atoms with Crippen molar-refractivity contribution in [1.29, 1.82) is 0 Å². The molecule has 1 aromatic heterocycles. The van der Waals surface area contributed by atoms with Gasteiger partial charge >= 0.3 is 0 Å². The zero-order chi connectivity index (χ0) is 13.1. The van der Waals surface area contributed by atoms with Gasteiger partial charge in [0.15, 0.2) is 0 Å². The molecule has 4 nitrogen and oxygen atoms in total. The highest BCUT2D eigenvalue weighted by Gasteiger charge is 2.34. The lowest BCUT2D eigenvalue weighted by molar-refractivity contribution is -0.137. The minimum atomic E-state index is 0.177. The number of hydrogen-bond acceptors (Lipinski definition) is 3. The zero-order valence-electron chi connectivity index (χ0n) is 11.2. The van der Waals surface area contributed by atoms with Crippen LogP contribution < -0.4 is 5.32 Å². The molecule has 2 fully saturated rings. The minimum Gasteiger partial charge on any atom is -0.335 e. The van der Waals surface area contributed by atoms with Crippen molar-refractivity contribution in [3.63, 3.8) is 0 Å². The molecule has 2 aliphatic rings. The van der Waals surface area contributed by atoms with Crippen LogP contribution in [-0.4, -0.2) is 35.4 Å². The number of carbonyl (C=O) groups excluding carboxylic acids is 1. The van der Waals surface area contributed by atoms with Crippen LogP contribution in [0.4, 0.5) is 0 Å². The Balaban J connectivity index is 1.74. The maximum Gasteiger partial charge on any atom is 0.227 e. The molecule has 102 valence electrons. The van der Waals surface area contributed by atoms with Gasteiger partial charge in [0.2, 0.25) is 5.91 Å². The summed E-state index contributed by atoms with van der Waals surface area (Å²) in [5.74, 6) is 0.516. The second-order valence-corrected chi connectivity index (χ2v) is 5.51. The number of nitrogens with one attached hydrogen (secondary N) is 1. The Hall–Kier alpha value is -1.42. The molecule has 0 saturated carbocycles. The summed E-state index contributed by atoms with van der Waals surface area (Å²) in [5, 5.41) is 3.34. The summed E-state index contributed by atoms with van der Waals surface area (Å²) in [5.41, 5.74) is 1.23. The van der Waals surface area contributed by atoms with E-state index < -0.39 is 0 Å². The van der Waals surface area contributed by atoms with Gasteiger partial charge in [0.25, 0.3) is 0 Å². The molecule has 3 heterocycles. The Morgan fingerprint density at radius 2 is 2.11 bits per heavy atom. The molecule has 0 aliphatic carbocycles. The van der Waals surface area contributed by atoms with E-state index in [1.165, 1.54) is 5.56 Å². The molecule has 2 atom stereocenters. The number of rotatable bonds is 2. The Kier molecular flexibility index (Phi) is 3.78. The van der Waals surface area contributed by atoms with Gasteiger partial charge in [-0.2, -0.15) is 0 Å². The molecule has 0 spiro atoms. The van der Waals surface area contributed by atoms with E-state index in [0.717, 1.165) is 45.3 Å². The normalized spacial score (nSPS) is 27.5. The second-order valence-electron chi connectivity index (χ2n) is 5.51. The lowest BCUT2D eigenvalue weighted by atomic mass is 9.97. The van der Waals surface area contributed by atoms with Gasteiger partial charge in [0.05, 0.1) is 12.0 Å². The van der Waals surface area contributed by atoms with E-state index in [0.29, 0.717) is 5.91 Å². The molecule has 1 amide bonds. The highest BCUT2D eigenvalue weighted by Crippen LogP contribution is 2.33. The number of piperidine rings is 1. The first-order valence-electron chi connectivity index (χ1n) is 7.27. The third-order valence-corrected chi connectivity index (χ3v) is 4.27. The summed E-state index contributed by atoms with van der Waals surface area (Å²) < 4.78 is 0. The standard InChI is InChI=1S/C15H21N3O/c19-15(13-3-1-7-17-11-13)18-10-2-4-14(18)12-5-8-16-9-6-12/h5-6,8-9,13-14,17H,1-4,7,10-11H2/t13-,14?/m1/s1. The van der Waals surface area contributed by atoms with Crippen molar-refractivity contribution < 1.29 is 4.79 Å². The molecule has 2 aliphatic heterocycles. The fraction of sp³-hybridized carbons (Fsp3) is 0.600. The Labute approximate surface area is 114 Å². The summed E-state index contributed by atoms with van der Waals surface area (Å²) in [7, 11) is 0. The number of pyridine rings is 1. The van der Waals surface area contributed by atoms with E-state index >= 15 is 0 Å². The monoisotopic (exact) mass is 259 g/mol. The molecular weight excluding hydrogens is 238 g/mol. The summed E-state index contributed by atoms with van der Waals surface area (Å²) in [6, 6.07) is 4.34. The molecule has 0 bridgehead atoms. The van der Waals surface area contributed by atoms with E-state index in [4.69, 9.17) is 0 Å². The van der Waals surface area contributed by atoms with E-state index in [1.807, 2.05) is 24.5 Å². The van der Waals surface area contributed by atoms with Crippen molar-refractivity contribution in [2.24, 2.45) is 5.92 Å². The van der Waals surface area contributed by atoms with Crippen molar-refractivity contribution in [3.8, 4) is 0 Å². The van der Waals surface area contributed by atoms with Gasteiger partial charge in [-0.3, -0.25) is 9.78 Å². The summed E-state index contributed by atoms with van der Waals surface area (Å²) in [6.07, 6.45) is 7.97. The number of likely N-dealkylation sites (tertiary alicyclic amines) is 1. The van der Waals surface area contributed by atoms with E-state index in [1.54, 1.807) is 0 Å². The lowest BCUT2D eigenvalue weighted by Crippen LogP contribution is -2.42. The molecule has 0 aromatic carbocycles. The number of aromatic nitrogens is 1. The third-order valence-electron chi connectivity index (χ3n) is 4.27. The molecule has 3 rings (SSSR count). The van der Waals surface area contributed by atoms with Crippen LogP contribution in [-0.2, 0) is 4.79 Å². The van der Waals surface area contributed by atoms with E-state index in [-0.39, 0.29) is 12.0 Å². The van der Waals surface area contributed by atoms with Crippen molar-refractivity contribution >= 4 is 5.91 Å². The predicted molar refractivity (Wildman–Crippen MR) is 73.5 cm³/mol. The molecule has 0 radical (unpaired) electrons. The van der Waals surface area contributed by atoms with Crippen LogP contribution >= 0.6 is 0 Å². The zero-order valence-corrected chi connectivity index (χ0v) is 11.2. The second kappa shape index (κ2) is 5.70. The number of nitrogens with zero attached hydrogens (tertiary/aromatic N) is 2. The van der Waals surface area contributed by atoms with Gasteiger partial charge in [-0.05, 0) is 49.9 Å². The van der Waals surface area contributed by atoms with Crippen LogP contribution in [0.3, 0.4) is 0 Å². The van der Waals surface area contributed by atoms with Gasteiger partial charge in [-0.15, -0.1) is 0 Å². The van der Waals surface area contributed by atoms with Crippen LogP contribution in [0.1, 0.15) is 37.3 Å². The van der Waals surface area contributed by atoms with Crippen LogP contribution in [0.15, 0.2) is 24.5 Å². The average molecular weight is 259 g/mol. The Morgan fingerprint density at radius 3 is 2.84 bits per heavy atom. The first-order valence-corrected chi connectivity index (χ1v) is 7.27. The van der Waals surface area contributed by atoms with Gasteiger partial charge < -0.3 is 10.2 Å². The smallest absolute Gasteiger partial charge is 0.227 e. The molecule has 4 heteroatoms. The maximum absolute atomic E-state index is 12.7. The first-order chi connectivity index (χ1) is 9.36. The van der Waals surface area contributed by atoms with Crippen LogP contribution in [0.25, 0.3) is 0 Å². The summed E-state index contributed by atoms with van der Waals surface area (Å²) in [4.78, 5) is 18.8. The quantitative estimate of drug-likeness (QED) is 0.880. The third kappa shape index (κ3) is 2.63. The topological polar surface area (TPSA) is 45.2 Å². The summed E-state index contributed by atoms with van der Waals surface area (Å²) >= 11 is 0. The Bertz CT molecular complexity index is 428. The highest BCUT2D eigenvalue weighted by atomic mass is 16.2. The fourth-order valence-electron chi connectivity index (χ4n) is 3.26. The van der Waals surface area contributed by atoms with Gasteiger partial charge in [0.1, 0.15) is 0 Å². The maximum atomic E-state index is 12.7. The fourth-order valence-corrected chi connectivity index (χ4v) is 3.26. The van der Waals surface area contributed by atoms with Crippen LogP contribution in [0.5, 0.6) is 0 Å². The molecule has 1 unspecified atom stereocenters. The van der Waals surface area contributed by atoms with E-state index in [9.17, 15) is 4.79 Å². The van der Waals surface area contributed by atoms with Crippen molar-refractivity contribution in [1.82, 2.24) is 15.2 Å².